The van der Waals surface area contributed by atoms with Gasteiger partial charge in [-0.1, -0.05) is 18.2 Å². The van der Waals surface area contributed by atoms with Gasteiger partial charge in [-0.05, 0) is 66.0 Å². The minimum absolute atomic E-state index is 0.0602. The van der Waals surface area contributed by atoms with Crippen LogP contribution in [0.2, 0.25) is 0 Å². The average Bonchev–Trinajstić information content (AvgIpc) is 3.13. The van der Waals surface area contributed by atoms with Crippen molar-refractivity contribution in [2.45, 2.75) is 9.79 Å². The lowest BCUT2D eigenvalue weighted by atomic mass is 10.1. The minimum atomic E-state index is -4.84. The Morgan fingerprint density at radius 1 is 0.750 bits per heavy atom. The quantitative estimate of drug-likeness (QED) is 0.0291. The highest BCUT2D eigenvalue weighted by molar-refractivity contribution is 7.89. The number of methoxy groups -OCH3 is 2. The van der Waals surface area contributed by atoms with Crippen molar-refractivity contribution >= 4 is 65.0 Å². The van der Waals surface area contributed by atoms with Gasteiger partial charge in [0.1, 0.15) is 33.5 Å². The molecule has 52 heavy (non-hydrogen) atoms. The molecule has 16 nitrogen and oxygen atoms in total. The third-order valence-electron chi connectivity index (χ3n) is 7.69. The van der Waals surface area contributed by atoms with E-state index in [4.69, 9.17) is 9.47 Å². The monoisotopic (exact) mass is 752 g/mol. The number of nitrogens with one attached hydrogen (secondary N) is 3. The number of aliphatic hydroxyl groups is 2. The maximum atomic E-state index is 12.9. The Hall–Kier alpha value is -5.50. The number of rotatable bonds is 16. The normalized spacial score (nSPS) is 12.0. The maximum absolute atomic E-state index is 12.9. The highest BCUT2D eigenvalue weighted by Crippen LogP contribution is 2.42. The van der Waals surface area contributed by atoms with Crippen LogP contribution in [0, 0.1) is 0 Å². The third kappa shape index (κ3) is 8.51. The second kappa shape index (κ2) is 16.2. The van der Waals surface area contributed by atoms with Crippen molar-refractivity contribution in [2.24, 2.45) is 10.2 Å². The van der Waals surface area contributed by atoms with Gasteiger partial charge in [-0.3, -0.25) is 15.4 Å². The number of hydrazine groups is 1. The number of aliphatic hydroxyl groups excluding tert-OH is 2. The minimum Gasteiger partial charge on any atom is -0.505 e. The number of para-hydroxylation sites is 1. The number of aromatic hydroxyl groups is 1. The molecule has 0 fully saturated rings. The number of hydrogen-bond acceptors (Lipinski definition) is 14. The number of azo groups is 1. The second-order valence-corrected chi connectivity index (χ2v) is 14.3. The van der Waals surface area contributed by atoms with Gasteiger partial charge < -0.3 is 30.1 Å². The van der Waals surface area contributed by atoms with Crippen LogP contribution in [0.1, 0.15) is 0 Å². The zero-order chi connectivity index (χ0) is 37.5. The van der Waals surface area contributed by atoms with Gasteiger partial charge in [-0.15, -0.1) is 5.11 Å². The number of hydrogen-bond donors (Lipinski definition) is 7. The molecule has 5 aromatic carbocycles. The molecule has 0 saturated heterocycles. The Labute approximate surface area is 299 Å². The molecule has 0 amide bonds. The molecule has 0 radical (unpaired) electrons. The highest BCUT2D eigenvalue weighted by atomic mass is 32.2. The summed E-state index contributed by atoms with van der Waals surface area (Å²) in [7, 11) is -6.05. The molecular weight excluding hydrogens is 717 g/mol. The van der Waals surface area contributed by atoms with Crippen LogP contribution < -0.4 is 25.6 Å². The first-order chi connectivity index (χ1) is 24.9. The molecule has 274 valence electrons. The lowest BCUT2D eigenvalue weighted by molar-refractivity contribution is 0.217. The predicted molar refractivity (Wildman–Crippen MR) is 195 cm³/mol. The second-order valence-electron chi connectivity index (χ2n) is 11.0. The molecule has 0 saturated carbocycles. The van der Waals surface area contributed by atoms with E-state index in [1.807, 2.05) is 30.3 Å². The standard InChI is InChI=1S/C34H36N6O10S2/c1-49-30-21-29(31(50-2)20-28(30)37-36-24-8-11-26(12-9-24)51(44,45)40(14-16-41)15-17-42)38-39-33-32(52(46,47)48)19-22-18-25(10-13-27(22)34(33)43)35-23-6-4-3-5-7-23/h3-13,18-21,35,38-39,41-43H,14-17H2,1-2H3,(H,46,47,48)/b37-36+. The lowest BCUT2D eigenvalue weighted by Gasteiger charge is -2.20. The van der Waals surface area contributed by atoms with Gasteiger partial charge in [0, 0.05) is 42.0 Å². The van der Waals surface area contributed by atoms with E-state index in [0.717, 1.165) is 9.99 Å². The molecule has 18 heteroatoms. The number of phenolic OH excluding ortho intramolecular Hbond substituents is 1. The smallest absolute Gasteiger partial charge is 0.296 e. The fourth-order valence-corrected chi connectivity index (χ4v) is 7.26. The summed E-state index contributed by atoms with van der Waals surface area (Å²) in [6.45, 7) is -1.17. The first-order valence-corrected chi connectivity index (χ1v) is 18.4. The van der Waals surface area contributed by atoms with Gasteiger partial charge in [-0.25, -0.2) is 8.42 Å². The van der Waals surface area contributed by atoms with Gasteiger partial charge in [0.2, 0.25) is 10.0 Å². The number of anilines is 4. The Bertz CT molecular complexity index is 2280. The SMILES string of the molecule is COc1cc(NNc2c(S(=O)(=O)O)cc3cc(Nc4ccccc4)ccc3c2O)c(OC)cc1/N=N/c1ccc(S(=O)(=O)N(CCO)CCO)cc1. The summed E-state index contributed by atoms with van der Waals surface area (Å²) in [5.74, 6) is -0.0525. The van der Waals surface area contributed by atoms with Crippen molar-refractivity contribution in [3.8, 4) is 17.2 Å². The van der Waals surface area contributed by atoms with Gasteiger partial charge in [0.05, 0.1) is 43.7 Å². The Kier molecular flexibility index (Phi) is 11.8. The van der Waals surface area contributed by atoms with Crippen LogP contribution in [-0.4, -0.2) is 81.5 Å². The molecule has 0 spiro atoms. The van der Waals surface area contributed by atoms with E-state index in [2.05, 4.69) is 26.4 Å². The zero-order valence-electron chi connectivity index (χ0n) is 27.9. The number of sulfonamides is 1. The van der Waals surface area contributed by atoms with E-state index in [-0.39, 0.29) is 46.5 Å². The van der Waals surface area contributed by atoms with Crippen molar-refractivity contribution in [2.75, 3.05) is 56.7 Å². The van der Waals surface area contributed by atoms with Gasteiger partial charge >= 0.3 is 0 Å². The molecule has 0 bridgehead atoms. The van der Waals surface area contributed by atoms with Gasteiger partial charge in [-0.2, -0.15) is 17.8 Å². The van der Waals surface area contributed by atoms with Crippen LogP contribution in [0.4, 0.5) is 34.1 Å². The summed E-state index contributed by atoms with van der Waals surface area (Å²) in [6, 6.07) is 23.9. The average molecular weight is 753 g/mol. The zero-order valence-corrected chi connectivity index (χ0v) is 29.5. The summed E-state index contributed by atoms with van der Waals surface area (Å²) >= 11 is 0. The largest absolute Gasteiger partial charge is 0.505 e. The van der Waals surface area contributed by atoms with Crippen molar-refractivity contribution < 1.29 is 46.2 Å². The molecule has 0 atom stereocenters. The number of phenols is 1. The fraction of sp³-hybridized carbons (Fsp3) is 0.176. The summed E-state index contributed by atoms with van der Waals surface area (Å²) in [5.41, 5.74) is 7.30. The number of benzene rings is 5. The van der Waals surface area contributed by atoms with E-state index in [1.165, 1.54) is 56.7 Å². The summed E-state index contributed by atoms with van der Waals surface area (Å²) in [5, 5.41) is 41.9. The van der Waals surface area contributed by atoms with E-state index in [1.54, 1.807) is 18.2 Å². The molecule has 0 aromatic heterocycles. The van der Waals surface area contributed by atoms with Crippen LogP contribution in [-0.2, 0) is 20.1 Å². The van der Waals surface area contributed by atoms with E-state index >= 15 is 0 Å². The highest BCUT2D eigenvalue weighted by Gasteiger charge is 2.24. The Morgan fingerprint density at radius 2 is 1.42 bits per heavy atom. The summed E-state index contributed by atoms with van der Waals surface area (Å²) in [4.78, 5) is -0.651. The van der Waals surface area contributed by atoms with E-state index in [0.29, 0.717) is 22.1 Å². The number of fused-ring (bicyclic) bond motifs is 1. The molecule has 5 rings (SSSR count). The molecule has 0 aliphatic carbocycles. The van der Waals surface area contributed by atoms with E-state index < -0.39 is 44.0 Å². The summed E-state index contributed by atoms with van der Waals surface area (Å²) < 4.78 is 72.8. The van der Waals surface area contributed by atoms with Crippen molar-refractivity contribution in [1.82, 2.24) is 4.31 Å². The maximum Gasteiger partial charge on any atom is 0.296 e. The van der Waals surface area contributed by atoms with Crippen LogP contribution in [0.25, 0.3) is 10.8 Å². The predicted octanol–water partition coefficient (Wildman–Crippen LogP) is 5.38. The molecular formula is C34H36N6O10S2. The van der Waals surface area contributed by atoms with Gasteiger partial charge in [0.15, 0.2) is 0 Å². The van der Waals surface area contributed by atoms with E-state index in [9.17, 15) is 36.7 Å². The molecule has 5 aromatic rings. The number of ether oxygens (including phenoxy) is 2. The molecule has 0 aliphatic heterocycles. The first kappa shape index (κ1) is 37.7. The third-order valence-corrected chi connectivity index (χ3v) is 10.5. The van der Waals surface area contributed by atoms with Crippen molar-refractivity contribution in [3.05, 3.63) is 91.0 Å². The molecule has 0 heterocycles. The topological polar surface area (TPSA) is 232 Å². The summed E-state index contributed by atoms with van der Waals surface area (Å²) in [6.07, 6.45) is 0. The van der Waals surface area contributed by atoms with Crippen LogP contribution >= 0.6 is 0 Å². The van der Waals surface area contributed by atoms with Crippen molar-refractivity contribution in [1.29, 1.82) is 0 Å². The van der Waals surface area contributed by atoms with Crippen LogP contribution in [0.5, 0.6) is 17.2 Å². The lowest BCUT2D eigenvalue weighted by Crippen LogP contribution is -2.35. The van der Waals surface area contributed by atoms with Crippen LogP contribution in [0.15, 0.2) is 111 Å². The van der Waals surface area contributed by atoms with Gasteiger partial charge in [0.25, 0.3) is 10.1 Å². The fourth-order valence-electron chi connectivity index (χ4n) is 5.16. The molecule has 0 aliphatic rings. The molecule has 7 N–H and O–H groups in total. The first-order valence-electron chi connectivity index (χ1n) is 15.5. The Morgan fingerprint density at radius 3 is 2.04 bits per heavy atom. The molecule has 0 unspecified atom stereocenters. The number of nitrogens with zero attached hydrogens (tertiary/aromatic N) is 3. The van der Waals surface area contributed by atoms with Crippen LogP contribution in [0.3, 0.4) is 0 Å². The van der Waals surface area contributed by atoms with Crippen molar-refractivity contribution in [3.63, 3.8) is 0 Å². The Balaban J connectivity index is 1.40.